The Morgan fingerprint density at radius 1 is 1.18 bits per heavy atom. The maximum atomic E-state index is 13.7. The van der Waals surface area contributed by atoms with Crippen LogP contribution in [-0.2, 0) is 9.53 Å². The highest BCUT2D eigenvalue weighted by Gasteiger charge is 2.34. The van der Waals surface area contributed by atoms with Gasteiger partial charge < -0.3 is 14.3 Å². The zero-order valence-corrected chi connectivity index (χ0v) is 22.3. The van der Waals surface area contributed by atoms with Crippen molar-refractivity contribution in [3.8, 4) is 11.3 Å². The van der Waals surface area contributed by atoms with Gasteiger partial charge in [0.05, 0.1) is 28.0 Å². The fourth-order valence-electron chi connectivity index (χ4n) is 4.36. The average molecular weight is 549 g/mol. The summed E-state index contributed by atoms with van der Waals surface area (Å²) in [5.74, 6) is -0.563. The lowest BCUT2D eigenvalue weighted by Crippen LogP contribution is -2.39. The van der Waals surface area contributed by atoms with Gasteiger partial charge in [-0.15, -0.1) is 11.3 Å². The number of hydrogen-bond acceptors (Lipinski definition) is 8. The molecule has 3 aromatic heterocycles. The number of benzene rings is 1. The number of allylic oxidation sites excluding steroid dienone is 1. The van der Waals surface area contributed by atoms with Crippen LogP contribution in [0, 0.1) is 0 Å². The molecule has 0 saturated heterocycles. The normalized spacial score (nSPS) is 15.3. The highest BCUT2D eigenvalue weighted by Crippen LogP contribution is 2.34. The molecule has 0 aliphatic carbocycles. The number of thiophene rings is 1. The summed E-state index contributed by atoms with van der Waals surface area (Å²) in [5.41, 5.74) is 1.52. The second kappa shape index (κ2) is 10.8. The molecule has 1 atom stereocenters. The first-order chi connectivity index (χ1) is 18.4. The standard InChI is InChI=1S/C28H24N2O6S2/c1-3-7-19-23(27(34)35-4-2)24(21-10-6-13-37-21)30-25(31)22(38-28(30)29-19)15-18-11-12-20(36-18)16-8-5-9-17(14-16)26(32)33/h5-6,8-15,24H,3-4,7H2,1-2H3,(H,32,33)/b22-15-. The molecule has 194 valence electrons. The molecule has 10 heteroatoms. The van der Waals surface area contributed by atoms with E-state index in [-0.39, 0.29) is 17.7 Å². The molecule has 1 unspecified atom stereocenters. The monoisotopic (exact) mass is 548 g/mol. The van der Waals surface area contributed by atoms with Crippen molar-refractivity contribution in [1.82, 2.24) is 4.57 Å². The van der Waals surface area contributed by atoms with Crippen LogP contribution < -0.4 is 14.9 Å². The molecule has 38 heavy (non-hydrogen) atoms. The van der Waals surface area contributed by atoms with Gasteiger partial charge in [0.15, 0.2) is 4.80 Å². The number of aromatic carboxylic acids is 1. The molecule has 1 aliphatic rings. The van der Waals surface area contributed by atoms with Gasteiger partial charge in [0.1, 0.15) is 17.6 Å². The van der Waals surface area contributed by atoms with Gasteiger partial charge in [-0.3, -0.25) is 9.36 Å². The fraction of sp³-hybridized carbons (Fsp3) is 0.214. The molecular weight excluding hydrogens is 524 g/mol. The Labute approximate surface area is 225 Å². The van der Waals surface area contributed by atoms with Crippen LogP contribution in [0.2, 0.25) is 0 Å². The number of carbonyl (C=O) groups is 2. The first-order valence-electron chi connectivity index (χ1n) is 12.1. The Morgan fingerprint density at radius 3 is 2.74 bits per heavy atom. The quantitative estimate of drug-likeness (QED) is 0.322. The van der Waals surface area contributed by atoms with Crippen molar-refractivity contribution in [3.63, 3.8) is 0 Å². The third-order valence-corrected chi connectivity index (χ3v) is 7.91. The van der Waals surface area contributed by atoms with Crippen LogP contribution in [0.25, 0.3) is 17.4 Å². The molecular formula is C28H24N2O6S2. The number of carboxylic acid groups (broad SMARTS) is 1. The number of fused-ring (bicyclic) bond motifs is 1. The molecule has 5 rings (SSSR count). The number of carboxylic acids is 1. The van der Waals surface area contributed by atoms with Gasteiger partial charge in [-0.2, -0.15) is 0 Å². The second-order valence-corrected chi connectivity index (χ2v) is 10.5. The van der Waals surface area contributed by atoms with Crippen molar-refractivity contribution < 1.29 is 23.8 Å². The maximum absolute atomic E-state index is 13.7. The number of ether oxygens (including phenoxy) is 1. The maximum Gasteiger partial charge on any atom is 0.338 e. The van der Waals surface area contributed by atoms with Crippen LogP contribution in [0.5, 0.6) is 0 Å². The van der Waals surface area contributed by atoms with E-state index in [2.05, 4.69) is 0 Å². The third-order valence-electron chi connectivity index (χ3n) is 6.00. The predicted octanol–water partition coefficient (Wildman–Crippen LogP) is 4.60. The van der Waals surface area contributed by atoms with Crippen molar-refractivity contribution >= 4 is 40.7 Å². The molecule has 0 radical (unpaired) electrons. The molecule has 0 saturated carbocycles. The number of hydrogen-bond donors (Lipinski definition) is 1. The van der Waals surface area contributed by atoms with Gasteiger partial charge >= 0.3 is 11.9 Å². The summed E-state index contributed by atoms with van der Waals surface area (Å²) >= 11 is 2.70. The van der Waals surface area contributed by atoms with Crippen molar-refractivity contribution in [2.75, 3.05) is 6.61 Å². The zero-order chi connectivity index (χ0) is 26.8. The number of thiazole rings is 1. The SMILES string of the molecule is CCCC1=C(C(=O)OCC)C(c2cccs2)n2c(s/c(=C\c3ccc(-c4cccc(C(=O)O)c4)o3)c2=O)=N1. The molecule has 4 heterocycles. The molecule has 1 aliphatic heterocycles. The third kappa shape index (κ3) is 4.80. The van der Waals surface area contributed by atoms with Crippen molar-refractivity contribution in [2.24, 2.45) is 4.99 Å². The van der Waals surface area contributed by atoms with Gasteiger partial charge in [0.25, 0.3) is 5.56 Å². The number of furan rings is 1. The Balaban J connectivity index is 1.62. The molecule has 8 nitrogen and oxygen atoms in total. The summed E-state index contributed by atoms with van der Waals surface area (Å²) in [5, 5.41) is 11.2. The molecule has 0 bridgehead atoms. The highest BCUT2D eigenvalue weighted by molar-refractivity contribution is 7.10. The van der Waals surface area contributed by atoms with Crippen LogP contribution in [0.3, 0.4) is 0 Å². The van der Waals surface area contributed by atoms with Gasteiger partial charge in [-0.1, -0.05) is 42.9 Å². The average Bonchev–Trinajstić information content (AvgIpc) is 3.66. The molecule has 0 amide bonds. The van der Waals surface area contributed by atoms with Gasteiger partial charge in [-0.05, 0) is 49.1 Å². The number of esters is 1. The first-order valence-corrected chi connectivity index (χ1v) is 13.8. The van der Waals surface area contributed by atoms with Crippen LogP contribution in [0.4, 0.5) is 0 Å². The van der Waals surface area contributed by atoms with E-state index in [1.807, 2.05) is 24.4 Å². The van der Waals surface area contributed by atoms with E-state index in [9.17, 15) is 19.5 Å². The highest BCUT2D eigenvalue weighted by atomic mass is 32.1. The number of aromatic nitrogens is 1. The minimum Gasteiger partial charge on any atom is -0.478 e. The van der Waals surface area contributed by atoms with Crippen molar-refractivity contribution in [2.45, 2.75) is 32.7 Å². The van der Waals surface area contributed by atoms with Crippen LogP contribution in [-0.4, -0.2) is 28.2 Å². The Morgan fingerprint density at radius 2 is 2.03 bits per heavy atom. The smallest absolute Gasteiger partial charge is 0.338 e. The summed E-state index contributed by atoms with van der Waals surface area (Å²) in [4.78, 5) is 44.3. The van der Waals surface area contributed by atoms with Crippen LogP contribution >= 0.6 is 22.7 Å². The number of carbonyl (C=O) groups excluding carboxylic acids is 1. The van der Waals surface area contributed by atoms with E-state index in [0.29, 0.717) is 44.1 Å². The summed E-state index contributed by atoms with van der Waals surface area (Å²) in [6.07, 6.45) is 3.01. The van der Waals surface area contributed by atoms with Crippen LogP contribution in [0.1, 0.15) is 53.7 Å². The van der Waals surface area contributed by atoms with E-state index < -0.39 is 18.0 Å². The molecule has 4 aromatic rings. The largest absolute Gasteiger partial charge is 0.478 e. The molecule has 0 spiro atoms. The van der Waals surface area contributed by atoms with Crippen LogP contribution in [0.15, 0.2) is 79.4 Å². The molecule has 1 aromatic carbocycles. The lowest BCUT2D eigenvalue weighted by atomic mass is 9.99. The first kappa shape index (κ1) is 25.6. The Kier molecular flexibility index (Phi) is 7.26. The summed E-state index contributed by atoms with van der Waals surface area (Å²) in [6, 6.07) is 13.1. The van der Waals surface area contributed by atoms with Gasteiger partial charge in [-0.25, -0.2) is 14.6 Å². The van der Waals surface area contributed by atoms with Crippen molar-refractivity contribution in [3.05, 3.63) is 101 Å². The van der Waals surface area contributed by atoms with E-state index in [1.165, 1.54) is 34.8 Å². The molecule has 0 fully saturated rings. The Bertz CT molecular complexity index is 1720. The minimum absolute atomic E-state index is 0.155. The second-order valence-electron chi connectivity index (χ2n) is 8.52. The summed E-state index contributed by atoms with van der Waals surface area (Å²) in [7, 11) is 0. The van der Waals surface area contributed by atoms with Crippen molar-refractivity contribution in [1.29, 1.82) is 0 Å². The lowest BCUT2D eigenvalue weighted by Gasteiger charge is -2.24. The lowest BCUT2D eigenvalue weighted by molar-refractivity contribution is -0.139. The topological polar surface area (TPSA) is 111 Å². The Hall–Kier alpha value is -4.02. The predicted molar refractivity (Wildman–Crippen MR) is 145 cm³/mol. The minimum atomic E-state index is -1.02. The zero-order valence-electron chi connectivity index (χ0n) is 20.7. The van der Waals surface area contributed by atoms with Gasteiger partial charge in [0.2, 0.25) is 0 Å². The van der Waals surface area contributed by atoms with E-state index in [4.69, 9.17) is 14.1 Å². The summed E-state index contributed by atoms with van der Waals surface area (Å²) < 4.78 is 13.3. The van der Waals surface area contributed by atoms with E-state index in [1.54, 1.807) is 41.8 Å². The van der Waals surface area contributed by atoms with Gasteiger partial charge in [0, 0.05) is 16.5 Å². The molecule has 1 N–H and O–H groups in total. The van der Waals surface area contributed by atoms with E-state index in [0.717, 1.165) is 11.3 Å². The van der Waals surface area contributed by atoms with E-state index >= 15 is 0 Å². The fourth-order valence-corrected chi connectivity index (χ4v) is 6.18. The number of rotatable bonds is 8. The summed E-state index contributed by atoms with van der Waals surface area (Å²) in [6.45, 7) is 3.99. The number of nitrogens with zero attached hydrogens (tertiary/aromatic N) is 2.